The number of likely N-dealkylation sites (tertiary alicyclic amines) is 1. The van der Waals surface area contributed by atoms with E-state index >= 15 is 0 Å². The van der Waals surface area contributed by atoms with Gasteiger partial charge in [-0.1, -0.05) is 6.07 Å². The van der Waals surface area contributed by atoms with E-state index in [0.717, 1.165) is 24.1 Å². The fraction of sp³-hybridized carbons (Fsp3) is 0.588. The molecule has 116 valence electrons. The number of benzene rings is 1. The van der Waals surface area contributed by atoms with Gasteiger partial charge in [0, 0.05) is 18.0 Å². The van der Waals surface area contributed by atoms with Crippen molar-refractivity contribution in [2.75, 3.05) is 13.6 Å². The van der Waals surface area contributed by atoms with E-state index in [-0.39, 0.29) is 17.6 Å². The number of Topliss-reactive ketones (excluding diaryl/α,β-unsaturated/α-hetero) is 1. The number of hydrogen-bond donors (Lipinski definition) is 2. The molecular formula is C17H19NO4. The largest absolute Gasteiger partial charge is 0.504 e. The molecule has 2 bridgehead atoms. The standard InChI is InChI=1S/C17H19NO4/c1-18-7-6-16-13-9-2-3-10(19)14(13)22-15(16)11(20)4-5-17(16,21)12(18)8-9/h2-3,12,15,19,21H,4-8H2,1H3/t12-,15+,16?,17-/m1/s1. The highest BCUT2D eigenvalue weighted by Crippen LogP contribution is 2.64. The van der Waals surface area contributed by atoms with Gasteiger partial charge in [0.25, 0.3) is 0 Å². The van der Waals surface area contributed by atoms with Crippen molar-refractivity contribution in [3.63, 3.8) is 0 Å². The molecule has 1 spiro atoms. The Morgan fingerprint density at radius 2 is 2.18 bits per heavy atom. The lowest BCUT2D eigenvalue weighted by molar-refractivity contribution is -0.185. The third kappa shape index (κ3) is 1.13. The van der Waals surface area contributed by atoms with Crippen LogP contribution < -0.4 is 4.74 Å². The second kappa shape index (κ2) is 3.66. The van der Waals surface area contributed by atoms with Gasteiger partial charge in [-0.3, -0.25) is 4.79 Å². The molecule has 2 fully saturated rings. The fourth-order valence-electron chi connectivity index (χ4n) is 5.54. The van der Waals surface area contributed by atoms with E-state index in [1.54, 1.807) is 6.07 Å². The van der Waals surface area contributed by atoms with Gasteiger partial charge in [-0.25, -0.2) is 0 Å². The van der Waals surface area contributed by atoms with E-state index in [9.17, 15) is 15.0 Å². The van der Waals surface area contributed by atoms with Gasteiger partial charge in [0.15, 0.2) is 23.4 Å². The molecule has 0 aromatic heterocycles. The molecule has 1 saturated heterocycles. The number of aromatic hydroxyl groups is 1. The maximum atomic E-state index is 12.5. The Morgan fingerprint density at radius 3 is 3.00 bits per heavy atom. The van der Waals surface area contributed by atoms with Crippen LogP contribution >= 0.6 is 0 Å². The molecule has 5 nitrogen and oxygen atoms in total. The van der Waals surface area contributed by atoms with Crippen LogP contribution in [-0.4, -0.2) is 52.2 Å². The minimum Gasteiger partial charge on any atom is -0.504 e. The maximum Gasteiger partial charge on any atom is 0.174 e. The molecule has 0 amide bonds. The molecule has 1 aromatic rings. The lowest BCUT2D eigenvalue weighted by atomic mass is 9.49. The number of carbonyl (C=O) groups is 1. The number of rotatable bonds is 0. The summed E-state index contributed by atoms with van der Waals surface area (Å²) in [6.45, 7) is 0.828. The van der Waals surface area contributed by atoms with Crippen LogP contribution in [0.2, 0.25) is 0 Å². The van der Waals surface area contributed by atoms with Crippen LogP contribution in [0.4, 0.5) is 0 Å². The Balaban J connectivity index is 1.88. The van der Waals surface area contributed by atoms with Crippen LogP contribution in [0.15, 0.2) is 12.1 Å². The second-order valence-corrected chi connectivity index (χ2v) is 7.26. The maximum absolute atomic E-state index is 12.5. The molecule has 1 aromatic carbocycles. The predicted octanol–water partition coefficient (Wildman–Crippen LogP) is 0.745. The first-order valence-corrected chi connectivity index (χ1v) is 7.96. The smallest absolute Gasteiger partial charge is 0.174 e. The number of ether oxygens (including phenoxy) is 1. The van der Waals surface area contributed by atoms with Crippen molar-refractivity contribution in [1.29, 1.82) is 0 Å². The summed E-state index contributed by atoms with van der Waals surface area (Å²) in [5.41, 5.74) is 0.370. The number of nitrogens with zero attached hydrogens (tertiary/aromatic N) is 1. The topological polar surface area (TPSA) is 70.0 Å². The Hall–Kier alpha value is -1.59. The first-order valence-electron chi connectivity index (χ1n) is 7.96. The molecule has 2 aliphatic heterocycles. The van der Waals surface area contributed by atoms with Gasteiger partial charge in [0.05, 0.1) is 11.0 Å². The van der Waals surface area contributed by atoms with Crippen LogP contribution in [-0.2, 0) is 16.6 Å². The van der Waals surface area contributed by atoms with E-state index in [1.807, 2.05) is 13.1 Å². The number of aliphatic hydroxyl groups is 1. The van der Waals surface area contributed by atoms with Crippen LogP contribution in [0.25, 0.3) is 0 Å². The van der Waals surface area contributed by atoms with Crippen molar-refractivity contribution < 1.29 is 19.7 Å². The fourth-order valence-corrected chi connectivity index (χ4v) is 5.54. The molecule has 1 unspecified atom stereocenters. The van der Waals surface area contributed by atoms with Crippen molar-refractivity contribution in [1.82, 2.24) is 4.90 Å². The molecule has 5 rings (SSSR count). The Labute approximate surface area is 128 Å². The number of ketones is 1. The third-order valence-electron chi connectivity index (χ3n) is 6.53. The number of likely N-dealkylation sites (N-methyl/N-ethyl adjacent to an activating group) is 1. The molecule has 4 aliphatic rings. The zero-order valence-electron chi connectivity index (χ0n) is 12.5. The quantitative estimate of drug-likeness (QED) is 0.740. The number of phenols is 1. The summed E-state index contributed by atoms with van der Waals surface area (Å²) in [5.74, 6) is 0.561. The summed E-state index contributed by atoms with van der Waals surface area (Å²) in [4.78, 5) is 14.7. The zero-order valence-corrected chi connectivity index (χ0v) is 12.5. The lowest BCUT2D eigenvalue weighted by Gasteiger charge is -2.61. The van der Waals surface area contributed by atoms with Crippen molar-refractivity contribution >= 4 is 5.78 Å². The van der Waals surface area contributed by atoms with Gasteiger partial charge in [0.1, 0.15) is 0 Å². The predicted molar refractivity (Wildman–Crippen MR) is 78.1 cm³/mol. The number of piperidine rings is 1. The molecule has 2 N–H and O–H groups in total. The first kappa shape index (κ1) is 12.9. The van der Waals surface area contributed by atoms with E-state index in [1.165, 1.54) is 0 Å². The highest BCUT2D eigenvalue weighted by atomic mass is 16.5. The monoisotopic (exact) mass is 301 g/mol. The first-order chi connectivity index (χ1) is 10.5. The summed E-state index contributed by atoms with van der Waals surface area (Å²) < 4.78 is 5.94. The van der Waals surface area contributed by atoms with Crippen molar-refractivity contribution in [3.8, 4) is 11.5 Å². The summed E-state index contributed by atoms with van der Waals surface area (Å²) in [7, 11) is 2.04. The molecular weight excluding hydrogens is 282 g/mol. The van der Waals surface area contributed by atoms with Crippen LogP contribution in [0.3, 0.4) is 0 Å². The molecule has 5 heteroatoms. The van der Waals surface area contributed by atoms with Crippen molar-refractivity contribution in [2.45, 2.75) is 48.8 Å². The van der Waals surface area contributed by atoms with Crippen molar-refractivity contribution in [2.24, 2.45) is 0 Å². The van der Waals surface area contributed by atoms with E-state index in [2.05, 4.69) is 4.90 Å². The third-order valence-corrected chi connectivity index (χ3v) is 6.53. The van der Waals surface area contributed by atoms with Crippen LogP contribution in [0, 0.1) is 0 Å². The molecule has 4 atom stereocenters. The number of phenolic OH excluding ortho intramolecular Hbond substituents is 1. The van der Waals surface area contributed by atoms with Gasteiger partial charge < -0.3 is 19.8 Å². The lowest BCUT2D eigenvalue weighted by Crippen LogP contribution is -2.76. The highest BCUT2D eigenvalue weighted by molar-refractivity contribution is 5.90. The Kier molecular flexibility index (Phi) is 2.15. The summed E-state index contributed by atoms with van der Waals surface area (Å²) >= 11 is 0. The summed E-state index contributed by atoms with van der Waals surface area (Å²) in [6, 6.07) is 3.57. The Morgan fingerprint density at radius 1 is 1.36 bits per heavy atom. The molecule has 2 aliphatic carbocycles. The van der Waals surface area contributed by atoms with Gasteiger partial charge in [-0.15, -0.1) is 0 Å². The Bertz CT molecular complexity index is 717. The second-order valence-electron chi connectivity index (χ2n) is 7.26. The van der Waals surface area contributed by atoms with Crippen LogP contribution in [0.5, 0.6) is 11.5 Å². The van der Waals surface area contributed by atoms with Crippen molar-refractivity contribution in [3.05, 3.63) is 23.3 Å². The molecule has 22 heavy (non-hydrogen) atoms. The summed E-state index contributed by atoms with van der Waals surface area (Å²) in [6.07, 6.45) is 1.61. The van der Waals surface area contributed by atoms with Gasteiger partial charge in [-0.05, 0) is 44.5 Å². The molecule has 1 saturated carbocycles. The SMILES string of the molecule is CN1CCC23c4c5ccc(O)c4O[C@H]2C(=O)CC[C@@]3(O)[C@H]1C5. The van der Waals surface area contributed by atoms with E-state index in [0.29, 0.717) is 25.0 Å². The highest BCUT2D eigenvalue weighted by Gasteiger charge is 2.72. The van der Waals surface area contributed by atoms with E-state index < -0.39 is 17.1 Å². The average molecular weight is 301 g/mol. The summed E-state index contributed by atoms with van der Waals surface area (Å²) in [5, 5.41) is 21.8. The molecule has 0 radical (unpaired) electrons. The van der Waals surface area contributed by atoms with Crippen LogP contribution in [0.1, 0.15) is 30.4 Å². The van der Waals surface area contributed by atoms with E-state index in [4.69, 9.17) is 4.74 Å². The average Bonchev–Trinajstić information content (AvgIpc) is 2.85. The normalized spacial score (nSPS) is 42.0. The number of carbonyl (C=O) groups excluding carboxylic acids is 1. The minimum absolute atomic E-state index is 0.00319. The molecule has 2 heterocycles. The van der Waals surface area contributed by atoms with Gasteiger partial charge in [0.2, 0.25) is 0 Å². The van der Waals surface area contributed by atoms with Gasteiger partial charge >= 0.3 is 0 Å². The number of hydrogen-bond acceptors (Lipinski definition) is 5. The minimum atomic E-state index is -0.954. The zero-order chi connectivity index (χ0) is 15.3. The van der Waals surface area contributed by atoms with Gasteiger partial charge in [-0.2, -0.15) is 0 Å².